The van der Waals surface area contributed by atoms with E-state index in [1.807, 2.05) is 48.5 Å². The van der Waals surface area contributed by atoms with Gasteiger partial charge in [0.2, 0.25) is 0 Å². The summed E-state index contributed by atoms with van der Waals surface area (Å²) in [5, 5.41) is 6.70. The number of halogens is 1. The molecule has 0 aliphatic carbocycles. The van der Waals surface area contributed by atoms with Gasteiger partial charge in [-0.15, -0.1) is 0 Å². The summed E-state index contributed by atoms with van der Waals surface area (Å²) in [4.78, 5) is 15.6. The number of hydrogen-bond acceptors (Lipinski definition) is 5. The highest BCUT2D eigenvalue weighted by atomic mass is 35.5. The fraction of sp³-hybridized carbons (Fsp3) is 0.462. The molecule has 0 saturated carbocycles. The Kier molecular flexibility index (Phi) is 7.75. The fourth-order valence-electron chi connectivity index (χ4n) is 4.76. The van der Waals surface area contributed by atoms with Crippen molar-refractivity contribution in [3.8, 4) is 0 Å². The maximum Gasteiger partial charge on any atom is 0.274 e. The number of nitrogens with zero attached hydrogens (tertiary/aromatic N) is 3. The van der Waals surface area contributed by atoms with E-state index in [1.165, 1.54) is 0 Å². The van der Waals surface area contributed by atoms with Crippen LogP contribution >= 0.6 is 11.6 Å². The van der Waals surface area contributed by atoms with Gasteiger partial charge in [0.25, 0.3) is 5.56 Å². The van der Waals surface area contributed by atoms with Crippen LogP contribution in [0.2, 0.25) is 5.02 Å². The van der Waals surface area contributed by atoms with Crippen molar-refractivity contribution < 1.29 is 8.42 Å². The molecule has 34 heavy (non-hydrogen) atoms. The average molecular weight is 502 g/mol. The van der Waals surface area contributed by atoms with Gasteiger partial charge in [0, 0.05) is 28.6 Å². The maximum atomic E-state index is 13.3. The number of hydrogen-bond donors (Lipinski definition) is 0. The van der Waals surface area contributed by atoms with Crippen molar-refractivity contribution in [1.82, 2.24) is 14.7 Å². The molecule has 4 rings (SSSR count). The molecular formula is C26H32ClN3O3S. The van der Waals surface area contributed by atoms with Gasteiger partial charge in [-0.2, -0.15) is 5.10 Å². The van der Waals surface area contributed by atoms with E-state index in [9.17, 15) is 13.2 Å². The molecule has 2 aromatic carbocycles. The number of fused-ring (bicyclic) bond motifs is 1. The first kappa shape index (κ1) is 24.9. The molecule has 1 aliphatic heterocycles. The van der Waals surface area contributed by atoms with Crippen LogP contribution in [0, 0.1) is 0 Å². The van der Waals surface area contributed by atoms with Gasteiger partial charge < -0.3 is 0 Å². The summed E-state index contributed by atoms with van der Waals surface area (Å²) < 4.78 is 26.0. The SMILES string of the molecule is CCS(=O)(=O)C(C)CCN1CCC[C@@H]1Cn1nc(Cc2ccc(Cl)cc2)c2ccccc2c1=O. The number of rotatable bonds is 9. The van der Waals surface area contributed by atoms with Crippen LogP contribution in [0.1, 0.15) is 44.4 Å². The Labute approximate surface area is 206 Å². The molecule has 0 radical (unpaired) electrons. The van der Waals surface area contributed by atoms with E-state index in [2.05, 4.69) is 4.90 Å². The molecule has 0 N–H and O–H groups in total. The van der Waals surface area contributed by atoms with E-state index in [0.717, 1.165) is 36.0 Å². The molecule has 3 aromatic rings. The Morgan fingerprint density at radius 1 is 1.12 bits per heavy atom. The van der Waals surface area contributed by atoms with Crippen LogP contribution in [0.15, 0.2) is 53.3 Å². The normalized spacial score (nSPS) is 17.9. The van der Waals surface area contributed by atoms with Crippen molar-refractivity contribution in [3.63, 3.8) is 0 Å². The second-order valence-electron chi connectivity index (χ2n) is 9.17. The van der Waals surface area contributed by atoms with Crippen molar-refractivity contribution in [1.29, 1.82) is 0 Å². The molecule has 182 valence electrons. The average Bonchev–Trinajstić information content (AvgIpc) is 3.28. The summed E-state index contributed by atoms with van der Waals surface area (Å²) in [7, 11) is -3.04. The Morgan fingerprint density at radius 3 is 2.53 bits per heavy atom. The summed E-state index contributed by atoms with van der Waals surface area (Å²) >= 11 is 6.04. The molecule has 1 aromatic heterocycles. The van der Waals surface area contributed by atoms with Crippen molar-refractivity contribution in [3.05, 3.63) is 75.2 Å². The minimum absolute atomic E-state index is 0.0794. The van der Waals surface area contributed by atoms with Gasteiger partial charge >= 0.3 is 0 Å². The molecule has 1 aliphatic rings. The molecule has 2 heterocycles. The molecular weight excluding hydrogens is 470 g/mol. The van der Waals surface area contributed by atoms with E-state index >= 15 is 0 Å². The maximum absolute atomic E-state index is 13.3. The molecule has 1 fully saturated rings. The van der Waals surface area contributed by atoms with Crippen LogP contribution < -0.4 is 5.56 Å². The smallest absolute Gasteiger partial charge is 0.274 e. The van der Waals surface area contributed by atoms with Gasteiger partial charge in [0.15, 0.2) is 9.84 Å². The highest BCUT2D eigenvalue weighted by molar-refractivity contribution is 7.91. The van der Waals surface area contributed by atoms with Gasteiger partial charge in [-0.1, -0.05) is 48.9 Å². The van der Waals surface area contributed by atoms with E-state index in [0.29, 0.717) is 36.3 Å². The third kappa shape index (κ3) is 5.53. The summed E-state index contributed by atoms with van der Waals surface area (Å²) in [6.07, 6.45) is 3.23. The van der Waals surface area contributed by atoms with Crippen LogP contribution in [0.4, 0.5) is 0 Å². The largest absolute Gasteiger partial charge is 0.298 e. The molecule has 0 spiro atoms. The third-order valence-electron chi connectivity index (χ3n) is 6.95. The quantitative estimate of drug-likeness (QED) is 0.436. The standard InChI is InChI=1S/C26H32ClN3O3S/c1-3-34(32,33)19(2)14-16-29-15-6-7-22(29)18-30-26(31)24-9-5-4-8-23(24)25(28-30)17-20-10-12-21(27)13-11-20/h4-5,8-13,19,22H,3,6-7,14-18H2,1-2H3/t19?,22-/m1/s1. The van der Waals surface area contributed by atoms with Crippen LogP contribution in [0.3, 0.4) is 0 Å². The van der Waals surface area contributed by atoms with Crippen molar-refractivity contribution in [2.24, 2.45) is 0 Å². The Hall–Kier alpha value is -2.22. The topological polar surface area (TPSA) is 72.3 Å². The first-order valence-corrected chi connectivity index (χ1v) is 14.1. The zero-order valence-corrected chi connectivity index (χ0v) is 21.4. The van der Waals surface area contributed by atoms with Gasteiger partial charge in [-0.3, -0.25) is 9.69 Å². The van der Waals surface area contributed by atoms with Crippen molar-refractivity contribution in [2.75, 3.05) is 18.8 Å². The first-order valence-electron chi connectivity index (χ1n) is 12.0. The Balaban J connectivity index is 1.58. The number of likely N-dealkylation sites (tertiary alicyclic amines) is 1. The molecule has 0 amide bonds. The third-order valence-corrected chi connectivity index (χ3v) is 9.47. The summed E-state index contributed by atoms with van der Waals surface area (Å²) in [6, 6.07) is 15.5. The Bertz CT molecular complexity index is 1310. The lowest BCUT2D eigenvalue weighted by molar-refractivity contribution is 0.222. The van der Waals surface area contributed by atoms with Crippen LogP contribution in [-0.2, 0) is 22.8 Å². The lowest BCUT2D eigenvalue weighted by Crippen LogP contribution is -2.39. The van der Waals surface area contributed by atoms with Gasteiger partial charge in [-0.05, 0) is 63.0 Å². The van der Waals surface area contributed by atoms with Gasteiger partial charge in [0.05, 0.1) is 22.9 Å². The Morgan fingerprint density at radius 2 is 1.82 bits per heavy atom. The highest BCUT2D eigenvalue weighted by Gasteiger charge is 2.28. The minimum Gasteiger partial charge on any atom is -0.298 e. The molecule has 6 nitrogen and oxygen atoms in total. The molecule has 1 unspecified atom stereocenters. The first-order chi connectivity index (χ1) is 16.3. The van der Waals surface area contributed by atoms with Crippen LogP contribution in [0.25, 0.3) is 10.8 Å². The molecule has 1 saturated heterocycles. The predicted octanol–water partition coefficient (Wildman–Crippen LogP) is 4.32. The zero-order chi connectivity index (χ0) is 24.3. The molecule has 0 bridgehead atoms. The number of benzene rings is 2. The van der Waals surface area contributed by atoms with Crippen molar-refractivity contribution >= 4 is 32.2 Å². The predicted molar refractivity (Wildman–Crippen MR) is 138 cm³/mol. The lowest BCUT2D eigenvalue weighted by atomic mass is 10.0. The number of sulfone groups is 1. The monoisotopic (exact) mass is 501 g/mol. The molecule has 8 heteroatoms. The minimum atomic E-state index is -3.04. The summed E-state index contributed by atoms with van der Waals surface area (Å²) in [5.41, 5.74) is 1.87. The number of aromatic nitrogens is 2. The van der Waals surface area contributed by atoms with Gasteiger partial charge in [0.1, 0.15) is 0 Å². The summed E-state index contributed by atoms with van der Waals surface area (Å²) in [6.45, 7) is 5.63. The van der Waals surface area contributed by atoms with E-state index < -0.39 is 9.84 Å². The zero-order valence-electron chi connectivity index (χ0n) is 19.8. The fourth-order valence-corrected chi connectivity index (χ4v) is 5.92. The lowest BCUT2D eigenvalue weighted by Gasteiger charge is -2.26. The highest BCUT2D eigenvalue weighted by Crippen LogP contribution is 2.22. The van der Waals surface area contributed by atoms with E-state index in [1.54, 1.807) is 18.5 Å². The van der Waals surface area contributed by atoms with Crippen molar-refractivity contribution in [2.45, 2.75) is 57.4 Å². The van der Waals surface area contributed by atoms with Crippen LogP contribution in [0.5, 0.6) is 0 Å². The summed E-state index contributed by atoms with van der Waals surface area (Å²) in [5.74, 6) is 0.171. The van der Waals surface area contributed by atoms with Gasteiger partial charge in [-0.25, -0.2) is 13.1 Å². The second-order valence-corrected chi connectivity index (χ2v) is 12.3. The van der Waals surface area contributed by atoms with Crippen LogP contribution in [-0.4, -0.2) is 53.2 Å². The molecule has 2 atom stereocenters. The van der Waals surface area contributed by atoms with E-state index in [4.69, 9.17) is 16.7 Å². The second kappa shape index (κ2) is 10.6. The van der Waals surface area contributed by atoms with E-state index in [-0.39, 0.29) is 22.6 Å².